The molecule has 2 heterocycles. The number of hydrogen-bond donors (Lipinski definition) is 0. The molecule has 2 aromatic carbocycles. The summed E-state index contributed by atoms with van der Waals surface area (Å²) in [7, 11) is 3.17. The Morgan fingerprint density at radius 2 is 1.53 bits per heavy atom. The van der Waals surface area contributed by atoms with Gasteiger partial charge in [0.25, 0.3) is 5.91 Å². The molecule has 34 heavy (non-hydrogen) atoms. The van der Waals surface area contributed by atoms with Gasteiger partial charge >= 0.3 is 0 Å². The highest BCUT2D eigenvalue weighted by molar-refractivity contribution is 5.99. The van der Waals surface area contributed by atoms with Crippen molar-refractivity contribution in [3.8, 4) is 28.3 Å². The molecule has 0 atom stereocenters. The van der Waals surface area contributed by atoms with Crippen LogP contribution < -0.4 is 9.47 Å². The Kier molecular flexibility index (Phi) is 6.86. The summed E-state index contributed by atoms with van der Waals surface area (Å²) < 4.78 is 12.6. The Bertz CT molecular complexity index is 1160. The SMILES string of the molecule is COc1ccc(-c2cn(-c3ccccc3)nc2C(=O)N2CCN(C(=O)C(C)C)CC2)cc1OC. The zero-order valence-electron chi connectivity index (χ0n) is 20.0. The molecule has 4 rings (SSSR count). The lowest BCUT2D eigenvalue weighted by Crippen LogP contribution is -2.51. The van der Waals surface area contributed by atoms with Crippen LogP contribution in [0.2, 0.25) is 0 Å². The monoisotopic (exact) mass is 462 g/mol. The van der Waals surface area contributed by atoms with Crippen LogP contribution in [0.5, 0.6) is 11.5 Å². The molecule has 1 saturated heterocycles. The van der Waals surface area contributed by atoms with Crippen molar-refractivity contribution in [1.29, 1.82) is 0 Å². The topological polar surface area (TPSA) is 76.9 Å². The van der Waals surface area contributed by atoms with E-state index in [-0.39, 0.29) is 17.7 Å². The molecule has 8 nitrogen and oxygen atoms in total. The van der Waals surface area contributed by atoms with Crippen LogP contribution in [0.25, 0.3) is 16.8 Å². The molecule has 8 heteroatoms. The largest absolute Gasteiger partial charge is 0.493 e. The molecule has 178 valence electrons. The number of ether oxygens (including phenoxy) is 2. The molecular weight excluding hydrogens is 432 g/mol. The summed E-state index contributed by atoms with van der Waals surface area (Å²) in [5, 5.41) is 4.69. The number of aromatic nitrogens is 2. The highest BCUT2D eigenvalue weighted by Gasteiger charge is 2.29. The second-order valence-electron chi connectivity index (χ2n) is 8.51. The molecule has 0 saturated carbocycles. The van der Waals surface area contributed by atoms with E-state index in [0.717, 1.165) is 11.3 Å². The van der Waals surface area contributed by atoms with Crippen LogP contribution in [-0.4, -0.2) is 71.8 Å². The van der Waals surface area contributed by atoms with E-state index in [1.807, 2.05) is 73.5 Å². The van der Waals surface area contributed by atoms with Gasteiger partial charge in [-0.25, -0.2) is 4.68 Å². The van der Waals surface area contributed by atoms with E-state index in [9.17, 15) is 9.59 Å². The third-order valence-electron chi connectivity index (χ3n) is 6.00. The predicted octanol–water partition coefficient (Wildman–Crippen LogP) is 3.50. The second-order valence-corrected chi connectivity index (χ2v) is 8.51. The zero-order chi connectivity index (χ0) is 24.2. The van der Waals surface area contributed by atoms with Crippen LogP contribution in [0, 0.1) is 5.92 Å². The first-order chi connectivity index (χ1) is 16.4. The quantitative estimate of drug-likeness (QED) is 0.560. The molecule has 3 aromatic rings. The Morgan fingerprint density at radius 1 is 0.882 bits per heavy atom. The number of nitrogens with zero attached hydrogens (tertiary/aromatic N) is 4. The lowest BCUT2D eigenvalue weighted by Gasteiger charge is -2.35. The van der Waals surface area contributed by atoms with Crippen molar-refractivity contribution in [2.75, 3.05) is 40.4 Å². The van der Waals surface area contributed by atoms with Crippen molar-refractivity contribution in [2.45, 2.75) is 13.8 Å². The van der Waals surface area contributed by atoms with Gasteiger partial charge < -0.3 is 19.3 Å². The first-order valence-electron chi connectivity index (χ1n) is 11.4. The molecule has 1 fully saturated rings. The van der Waals surface area contributed by atoms with Gasteiger partial charge in [-0.3, -0.25) is 9.59 Å². The fourth-order valence-electron chi connectivity index (χ4n) is 4.10. The summed E-state index contributed by atoms with van der Waals surface area (Å²) in [6.45, 7) is 5.78. The Hall–Kier alpha value is -3.81. The van der Waals surface area contributed by atoms with Gasteiger partial charge in [0, 0.05) is 43.9 Å². The normalized spacial score (nSPS) is 13.8. The Labute approximate surface area is 199 Å². The van der Waals surface area contributed by atoms with Crippen molar-refractivity contribution in [3.05, 3.63) is 60.4 Å². The molecule has 0 bridgehead atoms. The van der Waals surface area contributed by atoms with Crippen molar-refractivity contribution < 1.29 is 19.1 Å². The van der Waals surface area contributed by atoms with Crippen molar-refractivity contribution >= 4 is 11.8 Å². The highest BCUT2D eigenvalue weighted by atomic mass is 16.5. The minimum atomic E-state index is -0.156. The van der Waals surface area contributed by atoms with Gasteiger partial charge in [0.05, 0.1) is 19.9 Å². The fourth-order valence-corrected chi connectivity index (χ4v) is 4.10. The lowest BCUT2D eigenvalue weighted by molar-refractivity contribution is -0.135. The van der Waals surface area contributed by atoms with Crippen LogP contribution in [0.3, 0.4) is 0 Å². The van der Waals surface area contributed by atoms with E-state index in [4.69, 9.17) is 9.47 Å². The maximum absolute atomic E-state index is 13.6. The molecule has 0 unspecified atom stereocenters. The van der Waals surface area contributed by atoms with Gasteiger partial charge in [0.15, 0.2) is 17.2 Å². The predicted molar refractivity (Wildman–Crippen MR) is 129 cm³/mol. The van der Waals surface area contributed by atoms with Gasteiger partial charge in [0.1, 0.15) is 0 Å². The molecule has 1 aliphatic heterocycles. The Balaban J connectivity index is 1.68. The summed E-state index contributed by atoms with van der Waals surface area (Å²) in [6, 6.07) is 15.2. The minimum absolute atomic E-state index is 0.0551. The standard InChI is InChI=1S/C26H30N4O4/c1-18(2)25(31)28-12-14-29(15-13-28)26(32)24-21(17-30(27-24)20-8-6-5-7-9-20)19-10-11-22(33-3)23(16-19)34-4/h5-11,16-18H,12-15H2,1-4H3. The first kappa shape index (κ1) is 23.4. The molecular formula is C26H30N4O4. The molecule has 0 aliphatic carbocycles. The van der Waals surface area contributed by atoms with Gasteiger partial charge in [-0.1, -0.05) is 38.1 Å². The molecule has 0 N–H and O–H groups in total. The second kappa shape index (κ2) is 9.99. The highest BCUT2D eigenvalue weighted by Crippen LogP contribution is 2.34. The lowest BCUT2D eigenvalue weighted by atomic mass is 10.0. The molecule has 0 radical (unpaired) electrons. The van der Waals surface area contributed by atoms with Gasteiger partial charge in [-0.2, -0.15) is 5.10 Å². The molecule has 0 spiro atoms. The summed E-state index contributed by atoms with van der Waals surface area (Å²) in [4.78, 5) is 29.6. The fraction of sp³-hybridized carbons (Fsp3) is 0.346. The molecule has 1 aliphatic rings. The van der Waals surface area contributed by atoms with Crippen molar-refractivity contribution in [3.63, 3.8) is 0 Å². The number of hydrogen-bond acceptors (Lipinski definition) is 5. The summed E-state index contributed by atoms with van der Waals surface area (Å²) in [5.41, 5.74) is 2.72. The number of benzene rings is 2. The number of rotatable bonds is 6. The van der Waals surface area contributed by atoms with Gasteiger partial charge in [-0.15, -0.1) is 0 Å². The van der Waals surface area contributed by atoms with Crippen LogP contribution in [0.1, 0.15) is 24.3 Å². The Morgan fingerprint density at radius 3 is 2.15 bits per heavy atom. The maximum atomic E-state index is 13.6. The van der Waals surface area contributed by atoms with Gasteiger partial charge in [-0.05, 0) is 29.8 Å². The summed E-state index contributed by atoms with van der Waals surface area (Å²) in [6.07, 6.45) is 1.86. The van der Waals surface area contributed by atoms with Crippen molar-refractivity contribution in [2.24, 2.45) is 5.92 Å². The van der Waals surface area contributed by atoms with E-state index in [2.05, 4.69) is 5.10 Å². The average molecular weight is 463 g/mol. The zero-order valence-corrected chi connectivity index (χ0v) is 20.0. The van der Waals surface area contributed by atoms with Crippen LogP contribution in [-0.2, 0) is 4.79 Å². The van der Waals surface area contributed by atoms with Crippen LogP contribution in [0.4, 0.5) is 0 Å². The third kappa shape index (κ3) is 4.62. The van der Waals surface area contributed by atoms with Crippen molar-refractivity contribution in [1.82, 2.24) is 19.6 Å². The number of para-hydroxylation sites is 1. The number of carbonyl (C=O) groups excluding carboxylic acids is 2. The maximum Gasteiger partial charge on any atom is 0.275 e. The number of piperazine rings is 1. The van der Waals surface area contributed by atoms with Gasteiger partial charge in [0.2, 0.25) is 5.91 Å². The van der Waals surface area contributed by atoms with Crippen LogP contribution >= 0.6 is 0 Å². The average Bonchev–Trinajstić information content (AvgIpc) is 3.33. The number of carbonyl (C=O) groups is 2. The number of methoxy groups -OCH3 is 2. The van der Waals surface area contributed by atoms with E-state index in [1.165, 1.54) is 0 Å². The summed E-state index contributed by atoms with van der Waals surface area (Å²) in [5.74, 6) is 1.09. The molecule has 2 amide bonds. The first-order valence-corrected chi connectivity index (χ1v) is 11.4. The minimum Gasteiger partial charge on any atom is -0.493 e. The smallest absolute Gasteiger partial charge is 0.275 e. The number of amides is 2. The van der Waals surface area contributed by atoms with E-state index in [0.29, 0.717) is 48.9 Å². The van der Waals surface area contributed by atoms with E-state index >= 15 is 0 Å². The molecule has 1 aromatic heterocycles. The third-order valence-corrected chi connectivity index (χ3v) is 6.00. The van der Waals surface area contributed by atoms with E-state index < -0.39 is 0 Å². The summed E-state index contributed by atoms with van der Waals surface area (Å²) >= 11 is 0. The van der Waals surface area contributed by atoms with Crippen LogP contribution in [0.15, 0.2) is 54.7 Å². The van der Waals surface area contributed by atoms with E-state index in [1.54, 1.807) is 23.8 Å².